The topological polar surface area (TPSA) is 81.5 Å². The normalized spacial score (nSPS) is 23.5. The first-order chi connectivity index (χ1) is 15.0. The third kappa shape index (κ3) is 4.84. The van der Waals surface area contributed by atoms with Crippen LogP contribution >= 0.6 is 0 Å². The minimum absolute atomic E-state index is 0.0863. The van der Waals surface area contributed by atoms with E-state index in [-0.39, 0.29) is 11.7 Å². The Morgan fingerprint density at radius 2 is 1.94 bits per heavy atom. The lowest BCUT2D eigenvalue weighted by atomic mass is 10.0. The van der Waals surface area contributed by atoms with Crippen molar-refractivity contribution in [1.82, 2.24) is 19.8 Å². The highest BCUT2D eigenvalue weighted by Crippen LogP contribution is 2.36. The average molecular weight is 425 g/mol. The van der Waals surface area contributed by atoms with Crippen molar-refractivity contribution in [1.29, 1.82) is 0 Å². The lowest BCUT2D eigenvalue weighted by Crippen LogP contribution is -2.49. The number of nitrogens with two attached hydrogens (primary N) is 1. The molecule has 3 N–H and O–H groups in total. The Kier molecular flexibility index (Phi) is 6.74. The molecule has 1 aliphatic carbocycles. The van der Waals surface area contributed by atoms with Gasteiger partial charge < -0.3 is 15.6 Å². The first-order valence-electron chi connectivity index (χ1n) is 11.5. The van der Waals surface area contributed by atoms with Crippen molar-refractivity contribution in [2.24, 2.45) is 5.73 Å². The zero-order chi connectivity index (χ0) is 22.0. The van der Waals surface area contributed by atoms with Crippen molar-refractivity contribution < 1.29 is 0 Å². The zero-order valence-electron chi connectivity index (χ0n) is 19.1. The van der Waals surface area contributed by atoms with E-state index in [1.54, 1.807) is 0 Å². The molecule has 2 aliphatic rings. The van der Waals surface area contributed by atoms with Crippen LogP contribution in [0.3, 0.4) is 0 Å². The van der Waals surface area contributed by atoms with E-state index in [0.29, 0.717) is 12.0 Å². The summed E-state index contributed by atoms with van der Waals surface area (Å²) in [5, 5.41) is 0. The molecule has 168 valence electrons. The number of hydrogen-bond acceptors (Lipinski definition) is 6. The standard InChI is InChI=1S/C24H36N6O/c1-4-17-6-9-21(27-24(17)31)18-5-7-19(15-18)29-11-13-30(14-12-29)20-8-10-22(26-16-20)23(25)28(2)3/h6,8-10,16,18-19,23H,4-5,7,11-15,25H2,1-3H3,(H,27,31)/t18-,19+,23?/m1/s1. The van der Waals surface area contributed by atoms with Gasteiger partial charge in [0, 0.05) is 49.4 Å². The lowest BCUT2D eigenvalue weighted by molar-refractivity contribution is 0.186. The van der Waals surface area contributed by atoms with Crippen molar-refractivity contribution in [3.63, 3.8) is 0 Å². The molecule has 0 bridgehead atoms. The summed E-state index contributed by atoms with van der Waals surface area (Å²) in [5.41, 5.74) is 10.3. The molecule has 2 aromatic heterocycles. The second-order valence-electron chi connectivity index (χ2n) is 9.16. The number of nitrogens with zero attached hydrogens (tertiary/aromatic N) is 4. The van der Waals surface area contributed by atoms with Gasteiger partial charge in [-0.25, -0.2) is 0 Å². The molecule has 3 atom stereocenters. The fourth-order valence-corrected chi connectivity index (χ4v) is 4.98. The number of pyridine rings is 2. The minimum atomic E-state index is -0.172. The van der Waals surface area contributed by atoms with E-state index < -0.39 is 0 Å². The Labute approximate surface area is 185 Å². The fourth-order valence-electron chi connectivity index (χ4n) is 4.98. The molecule has 2 aromatic rings. The molecule has 7 heteroatoms. The van der Waals surface area contributed by atoms with Crippen LogP contribution in [0, 0.1) is 0 Å². The van der Waals surface area contributed by atoms with Gasteiger partial charge in [-0.05, 0) is 58.0 Å². The van der Waals surface area contributed by atoms with Crippen molar-refractivity contribution in [3.8, 4) is 0 Å². The molecule has 0 spiro atoms. The van der Waals surface area contributed by atoms with Gasteiger partial charge in [0.15, 0.2) is 0 Å². The Balaban J connectivity index is 1.31. The third-order valence-electron chi connectivity index (χ3n) is 7.07. The number of hydrogen-bond donors (Lipinski definition) is 2. The second kappa shape index (κ2) is 9.51. The van der Waals surface area contributed by atoms with Gasteiger partial charge in [-0.15, -0.1) is 0 Å². The number of aromatic amines is 1. The monoisotopic (exact) mass is 424 g/mol. The molecule has 4 rings (SSSR count). The van der Waals surface area contributed by atoms with E-state index in [1.165, 1.54) is 12.1 Å². The van der Waals surface area contributed by atoms with Gasteiger partial charge in [0.1, 0.15) is 6.17 Å². The van der Waals surface area contributed by atoms with E-state index in [4.69, 9.17) is 5.73 Å². The summed E-state index contributed by atoms with van der Waals surface area (Å²) in [6.07, 6.45) is 6.07. The van der Waals surface area contributed by atoms with Crippen molar-refractivity contribution in [2.75, 3.05) is 45.2 Å². The van der Waals surface area contributed by atoms with Crippen molar-refractivity contribution in [3.05, 3.63) is 57.8 Å². The third-order valence-corrected chi connectivity index (χ3v) is 7.07. The second-order valence-corrected chi connectivity index (χ2v) is 9.16. The number of H-pyrrole nitrogens is 1. The van der Waals surface area contributed by atoms with E-state index in [2.05, 4.69) is 31.9 Å². The summed E-state index contributed by atoms with van der Waals surface area (Å²) in [6.45, 7) is 6.20. The van der Waals surface area contributed by atoms with Crippen molar-refractivity contribution >= 4 is 5.69 Å². The molecule has 2 fully saturated rings. The molecule has 31 heavy (non-hydrogen) atoms. The van der Waals surface area contributed by atoms with Crippen LogP contribution < -0.4 is 16.2 Å². The van der Waals surface area contributed by atoms with Crippen LogP contribution in [0.15, 0.2) is 35.3 Å². The lowest BCUT2D eigenvalue weighted by Gasteiger charge is -2.39. The maximum Gasteiger partial charge on any atom is 0.251 e. The molecule has 1 aliphatic heterocycles. The number of piperazine rings is 1. The fraction of sp³-hybridized carbons (Fsp3) is 0.583. The van der Waals surface area contributed by atoms with Crippen LogP contribution in [0.5, 0.6) is 0 Å². The van der Waals surface area contributed by atoms with Crippen LogP contribution in [0.1, 0.15) is 55.2 Å². The molecule has 3 heterocycles. The van der Waals surface area contributed by atoms with E-state index in [0.717, 1.165) is 62.4 Å². The van der Waals surface area contributed by atoms with Crippen LogP contribution in [0.2, 0.25) is 0 Å². The van der Waals surface area contributed by atoms with E-state index >= 15 is 0 Å². The maximum absolute atomic E-state index is 12.2. The smallest absolute Gasteiger partial charge is 0.251 e. The van der Waals surface area contributed by atoms with Crippen LogP contribution in [-0.2, 0) is 6.42 Å². The van der Waals surface area contributed by atoms with Gasteiger partial charge in [0.05, 0.1) is 17.6 Å². The SMILES string of the molecule is CCc1ccc([C@@H]2CC[C@H](N3CCN(c4ccc(C(N)N(C)C)nc4)CC3)C2)[nH]c1=O. The molecule has 1 saturated carbocycles. The highest BCUT2D eigenvalue weighted by atomic mass is 16.1. The molecular formula is C24H36N6O. The van der Waals surface area contributed by atoms with Gasteiger partial charge in [0.2, 0.25) is 0 Å². The Bertz CT molecular complexity index is 916. The number of nitrogens with one attached hydrogen (secondary N) is 1. The molecular weight excluding hydrogens is 388 g/mol. The predicted octanol–water partition coefficient (Wildman–Crippen LogP) is 2.31. The van der Waals surface area contributed by atoms with Crippen LogP contribution in [0.25, 0.3) is 0 Å². The molecule has 7 nitrogen and oxygen atoms in total. The van der Waals surface area contributed by atoms with Crippen LogP contribution in [-0.4, -0.2) is 66.1 Å². The van der Waals surface area contributed by atoms with Gasteiger partial charge in [-0.1, -0.05) is 13.0 Å². The number of aromatic nitrogens is 2. The number of aryl methyl sites for hydroxylation is 1. The predicted molar refractivity (Wildman–Crippen MR) is 125 cm³/mol. The molecule has 1 saturated heterocycles. The summed E-state index contributed by atoms with van der Waals surface area (Å²) < 4.78 is 0. The molecule has 0 aromatic carbocycles. The highest BCUT2D eigenvalue weighted by Gasteiger charge is 2.32. The van der Waals surface area contributed by atoms with E-state index in [9.17, 15) is 4.79 Å². The molecule has 0 radical (unpaired) electrons. The first kappa shape index (κ1) is 22.0. The van der Waals surface area contributed by atoms with Crippen molar-refractivity contribution in [2.45, 2.75) is 50.7 Å². The number of anilines is 1. The summed E-state index contributed by atoms with van der Waals surface area (Å²) >= 11 is 0. The molecule has 1 unspecified atom stereocenters. The summed E-state index contributed by atoms with van der Waals surface area (Å²) in [6, 6.07) is 8.93. The number of rotatable bonds is 6. The van der Waals surface area contributed by atoms with E-state index in [1.807, 2.05) is 44.2 Å². The quantitative estimate of drug-likeness (QED) is 0.693. The zero-order valence-corrected chi connectivity index (χ0v) is 19.1. The molecule has 0 amide bonds. The Morgan fingerprint density at radius 3 is 2.55 bits per heavy atom. The summed E-state index contributed by atoms with van der Waals surface area (Å²) in [7, 11) is 3.93. The largest absolute Gasteiger partial charge is 0.368 e. The average Bonchev–Trinajstić information content (AvgIpc) is 3.29. The van der Waals surface area contributed by atoms with Gasteiger partial charge in [-0.2, -0.15) is 0 Å². The van der Waals surface area contributed by atoms with Gasteiger partial charge in [-0.3, -0.25) is 19.6 Å². The Hall–Kier alpha value is -2.22. The maximum atomic E-state index is 12.2. The van der Waals surface area contributed by atoms with Gasteiger partial charge >= 0.3 is 0 Å². The van der Waals surface area contributed by atoms with Crippen LogP contribution in [0.4, 0.5) is 5.69 Å². The van der Waals surface area contributed by atoms with Gasteiger partial charge in [0.25, 0.3) is 5.56 Å². The highest BCUT2D eigenvalue weighted by molar-refractivity contribution is 5.45. The Morgan fingerprint density at radius 1 is 1.16 bits per heavy atom. The minimum Gasteiger partial charge on any atom is -0.368 e. The first-order valence-corrected chi connectivity index (χ1v) is 11.5. The summed E-state index contributed by atoms with van der Waals surface area (Å²) in [4.78, 5) is 26.9. The summed E-state index contributed by atoms with van der Waals surface area (Å²) in [5.74, 6) is 0.472.